The molecule has 0 atom stereocenters. The third-order valence-electron chi connectivity index (χ3n) is 2.96. The number of hydrogen-bond acceptors (Lipinski definition) is 4. The largest absolute Gasteiger partial charge is 0.432 e. The summed E-state index contributed by atoms with van der Waals surface area (Å²) in [6, 6.07) is 5.51. The van der Waals surface area contributed by atoms with Gasteiger partial charge in [0.1, 0.15) is 0 Å². The Balaban J connectivity index is 1.95. The first kappa shape index (κ1) is 12.2. The van der Waals surface area contributed by atoms with E-state index in [9.17, 15) is 4.79 Å². The van der Waals surface area contributed by atoms with Gasteiger partial charge >= 0.3 is 5.56 Å². The van der Waals surface area contributed by atoms with Crippen LogP contribution in [0, 0.1) is 0 Å². The minimum atomic E-state index is -0.215. The zero-order chi connectivity index (χ0) is 13.4. The van der Waals surface area contributed by atoms with E-state index in [-0.39, 0.29) is 11.4 Å². The SMILES string of the molecule is Nc1cc(Br)ccc1Oc1nccn(C2CC2)c1=O. The van der Waals surface area contributed by atoms with Gasteiger partial charge in [-0.3, -0.25) is 4.79 Å². The van der Waals surface area contributed by atoms with Crippen molar-refractivity contribution < 1.29 is 4.74 Å². The van der Waals surface area contributed by atoms with Gasteiger partial charge in [0.15, 0.2) is 5.75 Å². The lowest BCUT2D eigenvalue weighted by Gasteiger charge is -2.09. The van der Waals surface area contributed by atoms with E-state index in [1.54, 1.807) is 35.2 Å². The monoisotopic (exact) mass is 321 g/mol. The van der Waals surface area contributed by atoms with Crippen LogP contribution in [0.4, 0.5) is 5.69 Å². The minimum Gasteiger partial charge on any atom is -0.432 e. The Labute approximate surface area is 118 Å². The van der Waals surface area contributed by atoms with E-state index in [0.29, 0.717) is 17.5 Å². The van der Waals surface area contributed by atoms with Crippen molar-refractivity contribution >= 4 is 21.6 Å². The van der Waals surface area contributed by atoms with Gasteiger partial charge in [-0.25, -0.2) is 4.98 Å². The predicted molar refractivity (Wildman–Crippen MR) is 75.4 cm³/mol. The van der Waals surface area contributed by atoms with Gasteiger partial charge in [0.25, 0.3) is 5.88 Å². The maximum Gasteiger partial charge on any atom is 0.313 e. The molecule has 0 amide bonds. The fraction of sp³-hybridized carbons (Fsp3) is 0.231. The number of nitrogen functional groups attached to an aromatic ring is 1. The summed E-state index contributed by atoms with van der Waals surface area (Å²) >= 11 is 3.32. The normalized spacial score (nSPS) is 14.4. The molecule has 0 spiro atoms. The molecular weight excluding hydrogens is 310 g/mol. The highest BCUT2D eigenvalue weighted by molar-refractivity contribution is 9.10. The average Bonchev–Trinajstić information content (AvgIpc) is 3.19. The minimum absolute atomic E-state index is 0.0587. The van der Waals surface area contributed by atoms with Gasteiger partial charge in [-0.15, -0.1) is 0 Å². The van der Waals surface area contributed by atoms with Crippen LogP contribution in [0.5, 0.6) is 11.6 Å². The lowest BCUT2D eigenvalue weighted by molar-refractivity contribution is 0.446. The third kappa shape index (κ3) is 2.49. The Morgan fingerprint density at radius 2 is 2.21 bits per heavy atom. The second-order valence-electron chi connectivity index (χ2n) is 4.46. The van der Waals surface area contributed by atoms with E-state index in [1.807, 2.05) is 0 Å². The fourth-order valence-corrected chi connectivity index (χ4v) is 2.21. The van der Waals surface area contributed by atoms with E-state index in [1.165, 1.54) is 0 Å². The van der Waals surface area contributed by atoms with Crippen molar-refractivity contribution in [2.75, 3.05) is 5.73 Å². The van der Waals surface area contributed by atoms with Crippen LogP contribution < -0.4 is 16.0 Å². The van der Waals surface area contributed by atoms with Gasteiger partial charge in [-0.05, 0) is 31.0 Å². The topological polar surface area (TPSA) is 70.1 Å². The molecule has 1 aromatic carbocycles. The molecule has 6 heteroatoms. The molecule has 1 aromatic heterocycles. The number of aromatic nitrogens is 2. The fourth-order valence-electron chi connectivity index (χ4n) is 1.83. The highest BCUT2D eigenvalue weighted by atomic mass is 79.9. The molecule has 0 saturated heterocycles. The van der Waals surface area contributed by atoms with Gasteiger partial charge in [0.05, 0.1) is 5.69 Å². The zero-order valence-corrected chi connectivity index (χ0v) is 11.6. The third-order valence-corrected chi connectivity index (χ3v) is 3.45. The summed E-state index contributed by atoms with van der Waals surface area (Å²) in [6.07, 6.45) is 5.33. The number of anilines is 1. The second-order valence-corrected chi connectivity index (χ2v) is 5.38. The molecular formula is C13H12BrN3O2. The Kier molecular flexibility index (Phi) is 3.02. The summed E-state index contributed by atoms with van der Waals surface area (Å²) in [7, 11) is 0. The molecule has 19 heavy (non-hydrogen) atoms. The maximum atomic E-state index is 12.2. The molecule has 5 nitrogen and oxygen atoms in total. The zero-order valence-electron chi connectivity index (χ0n) is 10.0. The molecule has 2 aromatic rings. The lowest BCUT2D eigenvalue weighted by Crippen LogP contribution is -2.20. The molecule has 3 rings (SSSR count). The Bertz CT molecular complexity index is 680. The van der Waals surface area contributed by atoms with Gasteiger partial charge in [0.2, 0.25) is 0 Å². The van der Waals surface area contributed by atoms with E-state index >= 15 is 0 Å². The molecule has 0 unspecified atom stereocenters. The molecule has 2 N–H and O–H groups in total. The van der Waals surface area contributed by atoms with Crippen molar-refractivity contribution in [3.63, 3.8) is 0 Å². The van der Waals surface area contributed by atoms with Crippen LogP contribution in [0.25, 0.3) is 0 Å². The summed E-state index contributed by atoms with van der Waals surface area (Å²) in [5.74, 6) is 0.491. The molecule has 0 bridgehead atoms. The first-order chi connectivity index (χ1) is 9.15. The van der Waals surface area contributed by atoms with Gasteiger partial charge in [0, 0.05) is 22.9 Å². The van der Waals surface area contributed by atoms with Crippen LogP contribution in [0.3, 0.4) is 0 Å². The standard InChI is InChI=1S/C13H12BrN3O2/c14-8-1-4-11(10(15)7-8)19-12-13(18)17(6-5-16-12)9-2-3-9/h1,4-7,9H,2-3,15H2. The van der Waals surface area contributed by atoms with E-state index in [4.69, 9.17) is 10.5 Å². The lowest BCUT2D eigenvalue weighted by atomic mass is 10.3. The van der Waals surface area contributed by atoms with Crippen molar-refractivity contribution in [1.82, 2.24) is 9.55 Å². The Morgan fingerprint density at radius 1 is 1.42 bits per heavy atom. The van der Waals surface area contributed by atoms with Crippen LogP contribution in [-0.2, 0) is 0 Å². The van der Waals surface area contributed by atoms with Crippen LogP contribution >= 0.6 is 15.9 Å². The molecule has 1 aliphatic carbocycles. The molecule has 0 aliphatic heterocycles. The average molecular weight is 322 g/mol. The van der Waals surface area contributed by atoms with Crippen molar-refractivity contribution in [2.45, 2.75) is 18.9 Å². The summed E-state index contributed by atoms with van der Waals surface area (Å²) in [5.41, 5.74) is 6.08. The number of ether oxygens (including phenoxy) is 1. The first-order valence-electron chi connectivity index (χ1n) is 5.95. The van der Waals surface area contributed by atoms with Crippen LogP contribution in [-0.4, -0.2) is 9.55 Å². The molecule has 1 fully saturated rings. The molecule has 1 heterocycles. The van der Waals surface area contributed by atoms with Crippen LogP contribution in [0.1, 0.15) is 18.9 Å². The van der Waals surface area contributed by atoms with E-state index in [2.05, 4.69) is 20.9 Å². The van der Waals surface area contributed by atoms with Gasteiger partial charge in [-0.1, -0.05) is 15.9 Å². The van der Waals surface area contributed by atoms with Gasteiger partial charge in [-0.2, -0.15) is 0 Å². The van der Waals surface area contributed by atoms with Gasteiger partial charge < -0.3 is 15.0 Å². The Morgan fingerprint density at radius 3 is 2.89 bits per heavy atom. The van der Waals surface area contributed by atoms with Crippen molar-refractivity contribution in [3.05, 3.63) is 45.4 Å². The summed E-state index contributed by atoms with van der Waals surface area (Å²) in [4.78, 5) is 16.1. The maximum absolute atomic E-state index is 12.2. The number of nitrogens with zero attached hydrogens (tertiary/aromatic N) is 2. The highest BCUT2D eigenvalue weighted by Gasteiger charge is 2.25. The molecule has 1 saturated carbocycles. The number of rotatable bonds is 3. The summed E-state index contributed by atoms with van der Waals surface area (Å²) in [6.45, 7) is 0. The summed E-state index contributed by atoms with van der Waals surface area (Å²) < 4.78 is 8.04. The summed E-state index contributed by atoms with van der Waals surface area (Å²) in [5, 5.41) is 0. The van der Waals surface area contributed by atoms with Crippen LogP contribution in [0.2, 0.25) is 0 Å². The second kappa shape index (κ2) is 4.70. The van der Waals surface area contributed by atoms with Crippen LogP contribution in [0.15, 0.2) is 39.9 Å². The number of hydrogen-bond donors (Lipinski definition) is 1. The molecule has 0 radical (unpaired) electrons. The van der Waals surface area contributed by atoms with Crippen molar-refractivity contribution in [1.29, 1.82) is 0 Å². The van der Waals surface area contributed by atoms with Crippen molar-refractivity contribution in [2.24, 2.45) is 0 Å². The highest BCUT2D eigenvalue weighted by Crippen LogP contribution is 2.34. The predicted octanol–water partition coefficient (Wildman–Crippen LogP) is 2.72. The quantitative estimate of drug-likeness (QED) is 0.882. The molecule has 1 aliphatic rings. The first-order valence-corrected chi connectivity index (χ1v) is 6.74. The number of nitrogens with two attached hydrogens (primary N) is 1. The Hall–Kier alpha value is -1.82. The smallest absolute Gasteiger partial charge is 0.313 e. The van der Waals surface area contributed by atoms with E-state index < -0.39 is 0 Å². The molecule has 98 valence electrons. The van der Waals surface area contributed by atoms with E-state index in [0.717, 1.165) is 17.3 Å². The number of benzene rings is 1. The number of halogens is 1. The van der Waals surface area contributed by atoms with Crippen molar-refractivity contribution in [3.8, 4) is 11.6 Å².